The van der Waals surface area contributed by atoms with Crippen LogP contribution in [0, 0.1) is 12.8 Å². The third-order valence-corrected chi connectivity index (χ3v) is 6.98. The molecule has 176 valence electrons. The molecule has 0 aliphatic carbocycles. The highest BCUT2D eigenvalue weighted by Crippen LogP contribution is 2.25. The molecule has 3 aromatic rings. The van der Waals surface area contributed by atoms with Gasteiger partial charge >= 0.3 is 0 Å². The average molecular weight is 456 g/mol. The van der Waals surface area contributed by atoms with Crippen LogP contribution >= 0.6 is 0 Å². The highest BCUT2D eigenvalue weighted by atomic mass is 16.2. The molecule has 0 radical (unpaired) electrons. The molecule has 5 rings (SSSR count). The average Bonchev–Trinajstić information content (AvgIpc) is 2.90. The van der Waals surface area contributed by atoms with Crippen LogP contribution in [0.2, 0.25) is 0 Å². The van der Waals surface area contributed by atoms with Gasteiger partial charge in [-0.3, -0.25) is 9.69 Å². The van der Waals surface area contributed by atoms with Gasteiger partial charge in [0.2, 0.25) is 5.91 Å². The van der Waals surface area contributed by atoms with Crippen molar-refractivity contribution in [1.29, 1.82) is 0 Å². The lowest BCUT2D eigenvalue weighted by Gasteiger charge is -2.39. The third kappa shape index (κ3) is 5.28. The summed E-state index contributed by atoms with van der Waals surface area (Å²) in [5, 5.41) is 0. The molecule has 3 heterocycles. The first-order chi connectivity index (χ1) is 16.7. The van der Waals surface area contributed by atoms with Crippen LogP contribution in [-0.2, 0) is 11.3 Å². The van der Waals surface area contributed by atoms with Crippen molar-refractivity contribution in [2.24, 2.45) is 5.92 Å². The summed E-state index contributed by atoms with van der Waals surface area (Å²) < 4.78 is 0. The van der Waals surface area contributed by atoms with Crippen molar-refractivity contribution in [3.8, 4) is 11.4 Å². The Balaban J connectivity index is 1.19. The maximum atomic E-state index is 13.4. The summed E-state index contributed by atoms with van der Waals surface area (Å²) in [7, 11) is 0. The van der Waals surface area contributed by atoms with Crippen LogP contribution < -0.4 is 4.90 Å². The molecule has 34 heavy (non-hydrogen) atoms. The number of amides is 1. The van der Waals surface area contributed by atoms with E-state index in [1.807, 2.05) is 12.3 Å². The molecule has 0 N–H and O–H groups in total. The second-order valence-electron chi connectivity index (χ2n) is 9.48. The minimum absolute atomic E-state index is 0.0345. The number of aryl methyl sites for hydroxylation is 1. The van der Waals surface area contributed by atoms with Gasteiger partial charge in [-0.25, -0.2) is 9.97 Å². The number of piperazine rings is 1. The largest absolute Gasteiger partial charge is 0.356 e. The van der Waals surface area contributed by atoms with Crippen LogP contribution in [0.25, 0.3) is 11.4 Å². The number of carbonyl (C=O) groups excluding carboxylic acids is 1. The lowest BCUT2D eigenvalue weighted by molar-refractivity contribution is -0.137. The van der Waals surface area contributed by atoms with Gasteiger partial charge in [0.05, 0.1) is 5.92 Å². The third-order valence-electron chi connectivity index (χ3n) is 6.98. The van der Waals surface area contributed by atoms with Crippen molar-refractivity contribution in [3.63, 3.8) is 0 Å². The number of piperidine rings is 1. The van der Waals surface area contributed by atoms with Gasteiger partial charge in [-0.1, -0.05) is 60.2 Å². The Kier molecular flexibility index (Phi) is 6.86. The second kappa shape index (κ2) is 10.3. The van der Waals surface area contributed by atoms with E-state index in [1.165, 1.54) is 11.1 Å². The van der Waals surface area contributed by atoms with Gasteiger partial charge in [0.25, 0.3) is 0 Å². The fourth-order valence-corrected chi connectivity index (χ4v) is 4.98. The van der Waals surface area contributed by atoms with Gasteiger partial charge in [0.15, 0.2) is 5.82 Å². The van der Waals surface area contributed by atoms with E-state index in [4.69, 9.17) is 4.98 Å². The monoisotopic (exact) mass is 455 g/mol. The molecule has 2 aliphatic heterocycles. The summed E-state index contributed by atoms with van der Waals surface area (Å²) in [6, 6.07) is 20.8. The van der Waals surface area contributed by atoms with Gasteiger partial charge in [-0.15, -0.1) is 0 Å². The van der Waals surface area contributed by atoms with Crippen LogP contribution in [-0.4, -0.2) is 64.9 Å². The summed E-state index contributed by atoms with van der Waals surface area (Å²) in [6.45, 7) is 8.19. The number of hydrogen-bond donors (Lipinski definition) is 0. The van der Waals surface area contributed by atoms with Crippen molar-refractivity contribution in [3.05, 3.63) is 78.0 Å². The lowest BCUT2D eigenvalue weighted by atomic mass is 9.96. The number of rotatable bonds is 5. The zero-order valence-corrected chi connectivity index (χ0v) is 19.9. The van der Waals surface area contributed by atoms with E-state index in [9.17, 15) is 4.79 Å². The Morgan fingerprint density at radius 3 is 2.47 bits per heavy atom. The SMILES string of the molecule is Cc1ccc(-c2nccc(N3CCCC(C(=O)N4CCN(Cc5ccccc5)CC4)C3)n2)cc1. The second-order valence-corrected chi connectivity index (χ2v) is 9.48. The zero-order valence-electron chi connectivity index (χ0n) is 19.9. The molecule has 1 atom stereocenters. The number of hydrogen-bond acceptors (Lipinski definition) is 5. The van der Waals surface area contributed by atoms with Crippen molar-refractivity contribution in [2.45, 2.75) is 26.3 Å². The van der Waals surface area contributed by atoms with Crippen LogP contribution in [0.4, 0.5) is 5.82 Å². The molecular formula is C28H33N5O. The van der Waals surface area contributed by atoms with Crippen LogP contribution in [0.1, 0.15) is 24.0 Å². The predicted molar refractivity (Wildman–Crippen MR) is 135 cm³/mol. The Morgan fingerprint density at radius 1 is 0.941 bits per heavy atom. The highest BCUT2D eigenvalue weighted by molar-refractivity contribution is 5.80. The fourth-order valence-electron chi connectivity index (χ4n) is 4.98. The molecular weight excluding hydrogens is 422 g/mol. The molecule has 2 saturated heterocycles. The van der Waals surface area contributed by atoms with E-state index in [0.717, 1.165) is 75.9 Å². The number of nitrogens with zero attached hydrogens (tertiary/aromatic N) is 5. The summed E-state index contributed by atoms with van der Waals surface area (Å²) in [5.41, 5.74) is 3.57. The fraction of sp³-hybridized carbons (Fsp3) is 0.393. The van der Waals surface area contributed by atoms with E-state index in [0.29, 0.717) is 5.91 Å². The molecule has 0 bridgehead atoms. The molecule has 2 aromatic carbocycles. The highest BCUT2D eigenvalue weighted by Gasteiger charge is 2.31. The molecule has 2 aliphatic rings. The van der Waals surface area contributed by atoms with E-state index in [2.05, 4.69) is 81.2 Å². The lowest BCUT2D eigenvalue weighted by Crippen LogP contribution is -2.52. The van der Waals surface area contributed by atoms with E-state index in [1.54, 1.807) is 0 Å². The molecule has 0 spiro atoms. The molecule has 6 heteroatoms. The molecule has 0 saturated carbocycles. The van der Waals surface area contributed by atoms with Crippen molar-refractivity contribution in [2.75, 3.05) is 44.2 Å². The molecule has 1 aromatic heterocycles. The molecule has 1 amide bonds. The van der Waals surface area contributed by atoms with Gasteiger partial charge in [-0.2, -0.15) is 0 Å². The summed E-state index contributed by atoms with van der Waals surface area (Å²) >= 11 is 0. The Bertz CT molecular complexity index is 1090. The van der Waals surface area contributed by atoms with Gasteiger partial charge in [0.1, 0.15) is 5.82 Å². The number of carbonyl (C=O) groups is 1. The summed E-state index contributed by atoms with van der Waals surface area (Å²) in [5.74, 6) is 1.99. The van der Waals surface area contributed by atoms with Gasteiger partial charge in [0, 0.05) is 57.6 Å². The molecule has 2 fully saturated rings. The number of aromatic nitrogens is 2. The normalized spacial score (nSPS) is 19.3. The predicted octanol–water partition coefficient (Wildman–Crippen LogP) is 4.01. The minimum Gasteiger partial charge on any atom is -0.356 e. The zero-order chi connectivity index (χ0) is 23.3. The van der Waals surface area contributed by atoms with Gasteiger partial charge in [-0.05, 0) is 31.4 Å². The number of anilines is 1. The number of benzene rings is 2. The van der Waals surface area contributed by atoms with Crippen LogP contribution in [0.15, 0.2) is 66.9 Å². The quantitative estimate of drug-likeness (QED) is 0.582. The molecule has 1 unspecified atom stereocenters. The first kappa shape index (κ1) is 22.5. The molecule has 6 nitrogen and oxygen atoms in total. The van der Waals surface area contributed by atoms with Crippen molar-refractivity contribution < 1.29 is 4.79 Å². The Labute approximate surface area is 202 Å². The van der Waals surface area contributed by atoms with Crippen molar-refractivity contribution >= 4 is 11.7 Å². The van der Waals surface area contributed by atoms with E-state index in [-0.39, 0.29) is 5.92 Å². The Hall–Kier alpha value is -3.25. The van der Waals surface area contributed by atoms with E-state index >= 15 is 0 Å². The minimum atomic E-state index is 0.0345. The van der Waals surface area contributed by atoms with E-state index < -0.39 is 0 Å². The maximum absolute atomic E-state index is 13.4. The first-order valence-electron chi connectivity index (χ1n) is 12.4. The maximum Gasteiger partial charge on any atom is 0.227 e. The van der Waals surface area contributed by atoms with Crippen LogP contribution in [0.3, 0.4) is 0 Å². The van der Waals surface area contributed by atoms with Crippen molar-refractivity contribution in [1.82, 2.24) is 19.8 Å². The van der Waals surface area contributed by atoms with Crippen LogP contribution in [0.5, 0.6) is 0 Å². The summed E-state index contributed by atoms with van der Waals surface area (Å²) in [6.07, 6.45) is 3.79. The smallest absolute Gasteiger partial charge is 0.227 e. The Morgan fingerprint density at radius 2 is 1.71 bits per heavy atom. The first-order valence-corrected chi connectivity index (χ1v) is 12.4. The standard InChI is InChI=1S/C28H33N5O/c1-22-9-11-24(12-10-22)27-29-14-13-26(30-27)33-15-5-8-25(21-33)28(34)32-18-16-31(17-19-32)20-23-6-3-2-4-7-23/h2-4,6-7,9-14,25H,5,8,15-21H2,1H3. The summed E-state index contributed by atoms with van der Waals surface area (Å²) in [4.78, 5) is 29.5. The van der Waals surface area contributed by atoms with Gasteiger partial charge < -0.3 is 9.80 Å². The topological polar surface area (TPSA) is 52.6 Å².